The van der Waals surface area contributed by atoms with E-state index in [9.17, 15) is 23.1 Å². The number of hydrogen-bond donors (Lipinski definition) is 3. The number of rotatable bonds is 4. The van der Waals surface area contributed by atoms with Crippen molar-refractivity contribution in [1.82, 2.24) is 29.9 Å². The number of hydrogen-bond acceptors (Lipinski definition) is 5. The Kier molecular flexibility index (Phi) is 5.12. The summed E-state index contributed by atoms with van der Waals surface area (Å²) in [6.45, 7) is 4.75. The molecule has 1 unspecified atom stereocenters. The molecule has 182 valence electrons. The number of amides is 2. The molecule has 2 amide bonds. The van der Waals surface area contributed by atoms with Crippen LogP contribution in [0.1, 0.15) is 39.5 Å². The first-order valence-electron chi connectivity index (χ1n) is 11.2. The standard InChI is InChI=1S/C22H26F3N7O2/c1-13(2)11-32-17-7-15(26-8-14(17)9-28-32)18-16(10-27-30-18)29-19(33)31-6-5-21(34,22(23,24)25)12-20(31)3-4-20/h7-10,13,34H,3-6,11-12H2,1-2H3,(H,27,30)(H,29,33). The van der Waals surface area contributed by atoms with E-state index in [0.717, 1.165) is 17.4 Å². The first kappa shape index (κ1) is 22.6. The molecule has 0 radical (unpaired) electrons. The third-order valence-corrected chi connectivity index (χ3v) is 6.74. The molecule has 34 heavy (non-hydrogen) atoms. The summed E-state index contributed by atoms with van der Waals surface area (Å²) < 4.78 is 42.0. The molecule has 1 atom stereocenters. The average Bonchev–Trinajstić information content (AvgIpc) is 3.17. The predicted octanol–water partition coefficient (Wildman–Crippen LogP) is 3.93. The number of likely N-dealkylation sites (tertiary alicyclic amines) is 1. The molecule has 2 aliphatic rings. The van der Waals surface area contributed by atoms with Gasteiger partial charge in [0.1, 0.15) is 5.69 Å². The lowest BCUT2D eigenvalue weighted by molar-refractivity contribution is -0.277. The third kappa shape index (κ3) is 3.79. The molecule has 5 rings (SSSR count). The molecule has 2 fully saturated rings. The van der Waals surface area contributed by atoms with Crippen LogP contribution in [0, 0.1) is 5.92 Å². The topological polar surface area (TPSA) is 112 Å². The van der Waals surface area contributed by atoms with E-state index in [4.69, 9.17) is 0 Å². The smallest absolute Gasteiger partial charge is 0.380 e. The maximum atomic E-state index is 13.4. The van der Waals surface area contributed by atoms with Gasteiger partial charge in [0.15, 0.2) is 5.60 Å². The summed E-state index contributed by atoms with van der Waals surface area (Å²) in [5, 5.41) is 25.1. The normalized spacial score (nSPS) is 22.0. The number of alkyl halides is 3. The first-order chi connectivity index (χ1) is 16.0. The average molecular weight is 477 g/mol. The second-order valence-corrected chi connectivity index (χ2v) is 9.77. The van der Waals surface area contributed by atoms with E-state index in [1.54, 1.807) is 12.4 Å². The quantitative estimate of drug-likeness (QED) is 0.527. The number of halogens is 3. The molecule has 1 saturated heterocycles. The van der Waals surface area contributed by atoms with Crippen LogP contribution >= 0.6 is 0 Å². The minimum Gasteiger partial charge on any atom is -0.380 e. The molecule has 12 heteroatoms. The minimum atomic E-state index is -4.73. The van der Waals surface area contributed by atoms with Crippen LogP contribution < -0.4 is 5.32 Å². The van der Waals surface area contributed by atoms with E-state index in [1.165, 1.54) is 11.1 Å². The molecule has 1 saturated carbocycles. The van der Waals surface area contributed by atoms with Crippen LogP contribution in [0.3, 0.4) is 0 Å². The molecule has 3 aromatic heterocycles. The molecule has 3 N–H and O–H groups in total. The van der Waals surface area contributed by atoms with E-state index >= 15 is 0 Å². The van der Waals surface area contributed by atoms with Gasteiger partial charge in [-0.3, -0.25) is 14.8 Å². The zero-order chi connectivity index (χ0) is 24.3. The van der Waals surface area contributed by atoms with Gasteiger partial charge in [-0.05, 0) is 24.8 Å². The number of nitrogens with zero attached hydrogens (tertiary/aromatic N) is 5. The number of H-pyrrole nitrogens is 1. The highest BCUT2D eigenvalue weighted by Crippen LogP contribution is 2.55. The Hall–Kier alpha value is -3.15. The number of fused-ring (bicyclic) bond motifs is 1. The van der Waals surface area contributed by atoms with Gasteiger partial charge in [0.2, 0.25) is 0 Å². The summed E-state index contributed by atoms with van der Waals surface area (Å²) in [7, 11) is 0. The van der Waals surface area contributed by atoms with Crippen LogP contribution in [0.4, 0.5) is 23.7 Å². The Balaban J connectivity index is 1.37. The zero-order valence-corrected chi connectivity index (χ0v) is 18.9. The van der Waals surface area contributed by atoms with Gasteiger partial charge in [0.25, 0.3) is 0 Å². The Bertz CT molecular complexity index is 1230. The lowest BCUT2D eigenvalue weighted by Gasteiger charge is -2.45. The zero-order valence-electron chi connectivity index (χ0n) is 18.9. The largest absolute Gasteiger partial charge is 0.417 e. The Morgan fingerprint density at radius 3 is 2.71 bits per heavy atom. The highest BCUT2D eigenvalue weighted by molar-refractivity contribution is 5.94. The molecule has 4 heterocycles. The van der Waals surface area contributed by atoms with Crippen LogP contribution in [0.2, 0.25) is 0 Å². The van der Waals surface area contributed by atoms with Crippen LogP contribution in [0.25, 0.3) is 22.3 Å². The van der Waals surface area contributed by atoms with Gasteiger partial charge >= 0.3 is 12.2 Å². The van der Waals surface area contributed by atoms with Crippen LogP contribution in [-0.2, 0) is 6.54 Å². The number of pyridine rings is 1. The number of piperidine rings is 1. The van der Waals surface area contributed by atoms with Crippen LogP contribution in [0.15, 0.2) is 24.7 Å². The summed E-state index contributed by atoms with van der Waals surface area (Å²) in [4.78, 5) is 19.0. The number of urea groups is 1. The van der Waals surface area contributed by atoms with Gasteiger partial charge in [0, 0.05) is 43.1 Å². The van der Waals surface area contributed by atoms with Crippen LogP contribution in [0.5, 0.6) is 0 Å². The lowest BCUT2D eigenvalue weighted by atomic mass is 9.84. The highest BCUT2D eigenvalue weighted by Gasteiger charge is 2.65. The fourth-order valence-corrected chi connectivity index (χ4v) is 4.77. The SMILES string of the molecule is CC(C)Cn1ncc2cnc(-c3[nH]ncc3NC(=O)N3CCC(O)(C(F)(F)F)CC34CC4)cc21. The van der Waals surface area contributed by atoms with Crippen molar-refractivity contribution < 1.29 is 23.1 Å². The first-order valence-corrected chi connectivity index (χ1v) is 11.2. The van der Waals surface area contributed by atoms with Crippen molar-refractivity contribution >= 4 is 22.6 Å². The number of aliphatic hydroxyl groups is 1. The number of nitrogens with one attached hydrogen (secondary N) is 2. The summed E-state index contributed by atoms with van der Waals surface area (Å²) in [6, 6.07) is 1.34. The van der Waals surface area contributed by atoms with Gasteiger partial charge in [-0.15, -0.1) is 0 Å². The maximum Gasteiger partial charge on any atom is 0.417 e. The summed E-state index contributed by atoms with van der Waals surface area (Å²) >= 11 is 0. The fraction of sp³-hybridized carbons (Fsp3) is 0.545. The molecule has 0 aromatic carbocycles. The second-order valence-electron chi connectivity index (χ2n) is 9.77. The van der Waals surface area contributed by atoms with E-state index < -0.39 is 36.2 Å². The van der Waals surface area contributed by atoms with Crippen molar-refractivity contribution in [3.05, 3.63) is 24.7 Å². The Morgan fingerprint density at radius 1 is 1.26 bits per heavy atom. The molecule has 1 aliphatic carbocycles. The molecular weight excluding hydrogens is 451 g/mol. The van der Waals surface area contributed by atoms with E-state index in [0.29, 0.717) is 35.8 Å². The maximum absolute atomic E-state index is 13.4. The third-order valence-electron chi connectivity index (χ3n) is 6.74. The van der Waals surface area contributed by atoms with Crippen LogP contribution in [-0.4, -0.2) is 64.9 Å². The monoisotopic (exact) mass is 477 g/mol. The molecule has 3 aromatic rings. The van der Waals surface area contributed by atoms with E-state index in [2.05, 4.69) is 39.4 Å². The van der Waals surface area contributed by atoms with Crippen molar-refractivity contribution in [1.29, 1.82) is 0 Å². The highest BCUT2D eigenvalue weighted by atomic mass is 19.4. The second kappa shape index (κ2) is 7.69. The van der Waals surface area contributed by atoms with Gasteiger partial charge < -0.3 is 15.3 Å². The molecule has 9 nitrogen and oxygen atoms in total. The molecule has 0 bridgehead atoms. The molecule has 1 aliphatic heterocycles. The summed E-state index contributed by atoms with van der Waals surface area (Å²) in [5.41, 5.74) is -1.43. The number of carbonyl (C=O) groups is 1. The number of aromatic amines is 1. The number of anilines is 1. The Labute approximate surface area is 193 Å². The van der Waals surface area contributed by atoms with E-state index in [-0.39, 0.29) is 6.54 Å². The Morgan fingerprint density at radius 2 is 2.03 bits per heavy atom. The van der Waals surface area contributed by atoms with Gasteiger partial charge in [0.05, 0.1) is 29.3 Å². The van der Waals surface area contributed by atoms with Gasteiger partial charge in [-0.25, -0.2) is 4.79 Å². The lowest BCUT2D eigenvalue weighted by Crippen LogP contribution is -2.60. The molecular formula is C22H26F3N7O2. The van der Waals surface area contributed by atoms with Crippen molar-refractivity contribution in [2.45, 2.75) is 63.4 Å². The van der Waals surface area contributed by atoms with Crippen molar-refractivity contribution in [2.24, 2.45) is 5.92 Å². The van der Waals surface area contributed by atoms with Gasteiger partial charge in [-0.1, -0.05) is 13.8 Å². The predicted molar refractivity (Wildman–Crippen MR) is 118 cm³/mol. The molecule has 1 spiro atoms. The fourth-order valence-electron chi connectivity index (χ4n) is 4.77. The summed E-state index contributed by atoms with van der Waals surface area (Å²) in [5.74, 6) is 0.399. The number of carbonyl (C=O) groups excluding carboxylic acids is 1. The minimum absolute atomic E-state index is 0.187. The van der Waals surface area contributed by atoms with Crippen molar-refractivity contribution in [3.63, 3.8) is 0 Å². The summed E-state index contributed by atoms with van der Waals surface area (Å²) in [6.07, 6.45) is -0.0464. The number of aromatic nitrogens is 5. The van der Waals surface area contributed by atoms with Gasteiger partial charge in [-0.2, -0.15) is 23.4 Å². The van der Waals surface area contributed by atoms with Crippen molar-refractivity contribution in [3.8, 4) is 11.4 Å². The van der Waals surface area contributed by atoms with Crippen molar-refractivity contribution in [2.75, 3.05) is 11.9 Å². The van der Waals surface area contributed by atoms with E-state index in [1.807, 2.05) is 10.7 Å².